The number of hydrogen-bond acceptors (Lipinski definition) is 6. The van der Waals surface area contributed by atoms with Gasteiger partial charge in [0.25, 0.3) is 5.88 Å². The Morgan fingerprint density at radius 3 is 2.64 bits per heavy atom. The number of hydrogen-bond donors (Lipinski definition) is 0. The molecular weight excluding hydrogens is 361 g/mol. The highest BCUT2D eigenvalue weighted by atomic mass is 35.5. The summed E-state index contributed by atoms with van der Waals surface area (Å²) >= 11 is 5.86. The first-order valence-corrected chi connectivity index (χ1v) is 7.87. The van der Waals surface area contributed by atoms with Gasteiger partial charge >= 0.3 is 0 Å². The average molecular weight is 375 g/mol. The molecule has 2 aromatic heterocycles. The van der Waals surface area contributed by atoms with Crippen LogP contribution in [0.5, 0.6) is 5.88 Å². The molecule has 134 valence electrons. The van der Waals surface area contributed by atoms with Crippen molar-refractivity contribution in [2.45, 2.75) is 13.0 Å². The Morgan fingerprint density at radius 1 is 1.24 bits per heavy atom. The molecule has 1 aliphatic rings. The Bertz CT molecular complexity index is 775. The fourth-order valence-electron chi connectivity index (χ4n) is 2.40. The van der Waals surface area contributed by atoms with Crippen molar-refractivity contribution in [1.82, 2.24) is 15.0 Å². The maximum Gasteiger partial charge on any atom is 0.257 e. The predicted octanol–water partition coefficient (Wildman–Crippen LogP) is 2.92. The highest BCUT2D eigenvalue weighted by Crippen LogP contribution is 2.30. The molecule has 0 aliphatic carbocycles. The van der Waals surface area contributed by atoms with Gasteiger partial charge in [-0.05, 0) is 18.5 Å². The number of ether oxygens (including phenoxy) is 2. The van der Waals surface area contributed by atoms with Crippen molar-refractivity contribution in [2.75, 3.05) is 31.2 Å². The maximum atomic E-state index is 14.7. The van der Waals surface area contributed by atoms with E-state index in [9.17, 15) is 13.2 Å². The highest BCUT2D eigenvalue weighted by molar-refractivity contribution is 6.28. The van der Waals surface area contributed by atoms with Gasteiger partial charge in [-0.2, -0.15) is 14.4 Å². The highest BCUT2D eigenvalue weighted by Gasteiger charge is 2.25. The molecule has 1 atom stereocenters. The van der Waals surface area contributed by atoms with Gasteiger partial charge in [-0.1, -0.05) is 0 Å². The van der Waals surface area contributed by atoms with Crippen LogP contribution in [0.4, 0.5) is 19.0 Å². The fraction of sp³-hybridized carbons (Fsp3) is 0.400. The minimum absolute atomic E-state index is 0.0157. The molecule has 0 N–H and O–H groups in total. The maximum absolute atomic E-state index is 14.7. The zero-order valence-electron chi connectivity index (χ0n) is 13.2. The largest absolute Gasteiger partial charge is 0.466 e. The molecule has 0 saturated carbocycles. The third kappa shape index (κ3) is 3.93. The first-order valence-electron chi connectivity index (χ1n) is 7.49. The lowest BCUT2D eigenvalue weighted by molar-refractivity contribution is 0.121. The van der Waals surface area contributed by atoms with Gasteiger partial charge in [0.15, 0.2) is 11.6 Å². The zero-order valence-corrected chi connectivity index (χ0v) is 13.9. The van der Waals surface area contributed by atoms with Gasteiger partial charge in [0.1, 0.15) is 17.6 Å². The van der Waals surface area contributed by atoms with E-state index >= 15 is 0 Å². The summed E-state index contributed by atoms with van der Waals surface area (Å²) in [6.07, 6.45) is -0.167. The van der Waals surface area contributed by atoms with E-state index in [0.29, 0.717) is 32.4 Å². The van der Waals surface area contributed by atoms with Crippen molar-refractivity contribution in [3.8, 4) is 5.88 Å². The Labute approximate surface area is 146 Å². The van der Waals surface area contributed by atoms with Crippen molar-refractivity contribution in [2.24, 2.45) is 0 Å². The molecule has 3 heterocycles. The summed E-state index contributed by atoms with van der Waals surface area (Å²) in [7, 11) is 0. The quantitative estimate of drug-likeness (QED) is 0.767. The monoisotopic (exact) mass is 374 g/mol. The van der Waals surface area contributed by atoms with Crippen LogP contribution in [-0.4, -0.2) is 41.3 Å². The number of morpholine rings is 1. The van der Waals surface area contributed by atoms with Crippen molar-refractivity contribution in [3.05, 3.63) is 40.7 Å². The van der Waals surface area contributed by atoms with E-state index in [4.69, 9.17) is 21.1 Å². The van der Waals surface area contributed by atoms with Crippen LogP contribution < -0.4 is 9.64 Å². The molecule has 0 radical (unpaired) electrons. The second-order valence-electron chi connectivity index (χ2n) is 5.32. The van der Waals surface area contributed by atoms with Gasteiger partial charge in [0.2, 0.25) is 11.1 Å². The Kier molecular flexibility index (Phi) is 5.24. The molecule has 1 saturated heterocycles. The Morgan fingerprint density at radius 2 is 1.96 bits per heavy atom. The molecule has 0 spiro atoms. The van der Waals surface area contributed by atoms with Crippen molar-refractivity contribution >= 4 is 17.4 Å². The number of anilines is 1. The Balaban J connectivity index is 1.87. The lowest BCUT2D eigenvalue weighted by atomic mass is 10.2. The van der Waals surface area contributed by atoms with Gasteiger partial charge in [0, 0.05) is 19.2 Å². The molecule has 3 rings (SSSR count). The van der Waals surface area contributed by atoms with Gasteiger partial charge in [-0.15, -0.1) is 0 Å². The van der Waals surface area contributed by atoms with Gasteiger partial charge in [0.05, 0.1) is 19.4 Å². The van der Waals surface area contributed by atoms with Crippen LogP contribution in [0.15, 0.2) is 12.3 Å². The summed E-state index contributed by atoms with van der Waals surface area (Å²) in [5.41, 5.74) is -0.177. The van der Waals surface area contributed by atoms with E-state index in [1.807, 2.05) is 0 Å². The first kappa shape index (κ1) is 17.7. The third-order valence-corrected chi connectivity index (χ3v) is 3.77. The lowest BCUT2D eigenvalue weighted by Crippen LogP contribution is -2.37. The molecule has 0 amide bonds. The summed E-state index contributed by atoms with van der Waals surface area (Å²) in [5.74, 6) is -2.99. The predicted molar refractivity (Wildman–Crippen MR) is 83.2 cm³/mol. The fourth-order valence-corrected chi connectivity index (χ4v) is 2.56. The van der Waals surface area contributed by atoms with Crippen LogP contribution in [0.2, 0.25) is 5.28 Å². The van der Waals surface area contributed by atoms with E-state index in [1.165, 1.54) is 6.92 Å². The molecule has 1 aliphatic heterocycles. The minimum atomic E-state index is -1.02. The van der Waals surface area contributed by atoms with Crippen LogP contribution in [0.3, 0.4) is 0 Å². The number of aromatic nitrogens is 3. The van der Waals surface area contributed by atoms with E-state index in [-0.39, 0.29) is 16.8 Å². The Hall–Kier alpha value is -2.13. The molecule has 10 heteroatoms. The van der Waals surface area contributed by atoms with Crippen molar-refractivity contribution < 1.29 is 22.6 Å². The zero-order chi connectivity index (χ0) is 18.0. The third-order valence-electron chi connectivity index (χ3n) is 3.60. The van der Waals surface area contributed by atoms with Crippen molar-refractivity contribution in [1.29, 1.82) is 0 Å². The second kappa shape index (κ2) is 7.40. The first-order chi connectivity index (χ1) is 12.0. The molecule has 0 aromatic carbocycles. The summed E-state index contributed by atoms with van der Waals surface area (Å²) in [6, 6.07) is 0.671. The standard InChI is InChI=1S/C15H14ClF3N4O2/c1-8(12-10(18)6-9(17)7-20-12)25-14-11(19)13(21-15(16)22-14)23-2-4-24-5-3-23/h6-8H,2-5H2,1H3/t8-/m0/s1. The van der Waals surface area contributed by atoms with Gasteiger partial charge in [-0.3, -0.25) is 4.98 Å². The van der Waals surface area contributed by atoms with E-state index in [2.05, 4.69) is 15.0 Å². The summed E-state index contributed by atoms with van der Waals surface area (Å²) < 4.78 is 52.1. The second-order valence-corrected chi connectivity index (χ2v) is 5.65. The molecule has 0 unspecified atom stereocenters. The molecule has 2 aromatic rings. The van der Waals surface area contributed by atoms with Crippen LogP contribution in [0.25, 0.3) is 0 Å². The minimum Gasteiger partial charge on any atom is -0.466 e. The summed E-state index contributed by atoms with van der Waals surface area (Å²) in [6.45, 7) is 3.17. The molecule has 6 nitrogen and oxygen atoms in total. The van der Waals surface area contributed by atoms with Gasteiger partial charge in [-0.25, -0.2) is 8.78 Å². The number of halogens is 4. The summed E-state index contributed by atoms with van der Waals surface area (Å²) in [5, 5.41) is -0.211. The number of nitrogens with zero attached hydrogens (tertiary/aromatic N) is 4. The van der Waals surface area contributed by atoms with Crippen LogP contribution >= 0.6 is 11.6 Å². The topological polar surface area (TPSA) is 60.4 Å². The molecule has 0 bridgehead atoms. The van der Waals surface area contributed by atoms with E-state index in [1.54, 1.807) is 4.90 Å². The van der Waals surface area contributed by atoms with Crippen molar-refractivity contribution in [3.63, 3.8) is 0 Å². The SMILES string of the molecule is C[C@H](Oc1nc(Cl)nc(N2CCOCC2)c1F)c1ncc(F)cc1F. The number of pyridine rings is 1. The van der Waals surface area contributed by atoms with E-state index in [0.717, 1.165) is 6.20 Å². The average Bonchev–Trinajstić information content (AvgIpc) is 2.58. The van der Waals surface area contributed by atoms with Crippen LogP contribution in [0, 0.1) is 17.5 Å². The van der Waals surface area contributed by atoms with Crippen LogP contribution in [0.1, 0.15) is 18.7 Å². The number of rotatable bonds is 4. The normalized spacial score (nSPS) is 16.0. The molecular formula is C15H14ClF3N4O2. The van der Waals surface area contributed by atoms with E-state index < -0.39 is 29.4 Å². The van der Waals surface area contributed by atoms with Crippen LogP contribution in [-0.2, 0) is 4.74 Å². The smallest absolute Gasteiger partial charge is 0.257 e. The molecule has 25 heavy (non-hydrogen) atoms. The lowest BCUT2D eigenvalue weighted by Gasteiger charge is -2.28. The van der Waals surface area contributed by atoms with Gasteiger partial charge < -0.3 is 14.4 Å². The summed E-state index contributed by atoms with van der Waals surface area (Å²) in [4.78, 5) is 12.9. The molecule has 1 fully saturated rings.